The third-order valence-corrected chi connectivity index (χ3v) is 2.90. The molecule has 1 fully saturated rings. The zero-order chi connectivity index (χ0) is 12.3. The molecule has 92 valence electrons. The predicted molar refractivity (Wildman–Crippen MR) is 69.2 cm³/mol. The summed E-state index contributed by atoms with van der Waals surface area (Å²) in [6.45, 7) is 1.96. The molecule has 1 atom stereocenters. The summed E-state index contributed by atoms with van der Waals surface area (Å²) in [6, 6.07) is 3.78. The molecule has 0 amide bonds. The Bertz CT molecular complexity index is 413. The lowest BCUT2D eigenvalue weighted by Gasteiger charge is -2.34. The number of rotatable bonds is 3. The lowest BCUT2D eigenvalue weighted by atomic mass is 10.2. The number of aliphatic hydroxyl groups excluding tert-OH is 1. The standard InChI is InChI=1S/C11H15N3O2S/c12-11(17)10-9(2-1-3-13-10)14-4-5-16-8(6-14)7-15/h1-3,8,15H,4-7H2,(H2,12,17). The van der Waals surface area contributed by atoms with Gasteiger partial charge >= 0.3 is 0 Å². The summed E-state index contributed by atoms with van der Waals surface area (Å²) in [4.78, 5) is 6.57. The van der Waals surface area contributed by atoms with Crippen molar-refractivity contribution in [2.75, 3.05) is 31.2 Å². The maximum absolute atomic E-state index is 9.12. The van der Waals surface area contributed by atoms with E-state index in [-0.39, 0.29) is 17.7 Å². The van der Waals surface area contributed by atoms with E-state index in [0.717, 1.165) is 12.2 Å². The van der Waals surface area contributed by atoms with Crippen LogP contribution in [0.1, 0.15) is 5.69 Å². The number of aliphatic hydroxyl groups is 1. The minimum Gasteiger partial charge on any atom is -0.394 e. The maximum Gasteiger partial charge on any atom is 0.124 e. The van der Waals surface area contributed by atoms with Crippen molar-refractivity contribution in [3.8, 4) is 0 Å². The van der Waals surface area contributed by atoms with Gasteiger partial charge in [0.2, 0.25) is 0 Å². The molecule has 1 aromatic rings. The van der Waals surface area contributed by atoms with E-state index in [1.807, 2.05) is 12.1 Å². The van der Waals surface area contributed by atoms with Crippen LogP contribution < -0.4 is 10.6 Å². The van der Waals surface area contributed by atoms with Crippen LogP contribution in [0, 0.1) is 0 Å². The van der Waals surface area contributed by atoms with Crippen LogP contribution in [0.15, 0.2) is 18.3 Å². The average Bonchev–Trinajstić information content (AvgIpc) is 2.39. The largest absolute Gasteiger partial charge is 0.394 e. The summed E-state index contributed by atoms with van der Waals surface area (Å²) in [5, 5.41) is 9.12. The Balaban J connectivity index is 2.24. The van der Waals surface area contributed by atoms with Crippen LogP contribution in [-0.2, 0) is 4.74 Å². The van der Waals surface area contributed by atoms with E-state index < -0.39 is 0 Å². The van der Waals surface area contributed by atoms with E-state index in [9.17, 15) is 0 Å². The van der Waals surface area contributed by atoms with Crippen molar-refractivity contribution in [3.63, 3.8) is 0 Å². The fourth-order valence-corrected chi connectivity index (χ4v) is 2.05. The third-order valence-electron chi connectivity index (χ3n) is 2.70. The molecule has 0 bridgehead atoms. The highest BCUT2D eigenvalue weighted by atomic mass is 32.1. The number of pyridine rings is 1. The molecule has 0 radical (unpaired) electrons. The van der Waals surface area contributed by atoms with Gasteiger partial charge < -0.3 is 20.5 Å². The molecule has 1 aliphatic heterocycles. The SMILES string of the molecule is NC(=S)c1ncccc1N1CCOC(CO)C1. The third kappa shape index (κ3) is 2.71. The molecule has 1 aliphatic rings. The van der Waals surface area contributed by atoms with Crippen molar-refractivity contribution in [2.45, 2.75) is 6.10 Å². The van der Waals surface area contributed by atoms with Crippen LogP contribution in [-0.4, -0.2) is 47.5 Å². The lowest BCUT2D eigenvalue weighted by molar-refractivity contribution is 0.00354. The Labute approximate surface area is 105 Å². The fourth-order valence-electron chi connectivity index (χ4n) is 1.89. The van der Waals surface area contributed by atoms with Crippen LogP contribution in [0.5, 0.6) is 0 Å². The fraction of sp³-hybridized carbons (Fsp3) is 0.455. The van der Waals surface area contributed by atoms with Crippen molar-refractivity contribution in [2.24, 2.45) is 5.73 Å². The van der Waals surface area contributed by atoms with Crippen LogP contribution in [0.25, 0.3) is 0 Å². The quantitative estimate of drug-likeness (QED) is 0.734. The number of anilines is 1. The van der Waals surface area contributed by atoms with E-state index in [0.29, 0.717) is 18.8 Å². The summed E-state index contributed by atoms with van der Waals surface area (Å²) in [5.74, 6) is 0. The summed E-state index contributed by atoms with van der Waals surface area (Å²) < 4.78 is 5.40. The van der Waals surface area contributed by atoms with Gasteiger partial charge in [-0.3, -0.25) is 4.98 Å². The summed E-state index contributed by atoms with van der Waals surface area (Å²) in [6.07, 6.45) is 1.50. The molecule has 17 heavy (non-hydrogen) atoms. The monoisotopic (exact) mass is 253 g/mol. The predicted octanol–water partition coefficient (Wildman–Crippen LogP) is -0.0867. The highest BCUT2D eigenvalue weighted by Gasteiger charge is 2.22. The van der Waals surface area contributed by atoms with Crippen LogP contribution in [0.2, 0.25) is 0 Å². The first kappa shape index (κ1) is 12.2. The molecule has 2 heterocycles. The van der Waals surface area contributed by atoms with Gasteiger partial charge in [-0.15, -0.1) is 0 Å². The highest BCUT2D eigenvalue weighted by Crippen LogP contribution is 2.20. The van der Waals surface area contributed by atoms with Crippen LogP contribution in [0.3, 0.4) is 0 Å². The molecule has 2 rings (SSSR count). The number of nitrogens with zero attached hydrogens (tertiary/aromatic N) is 2. The second-order valence-corrected chi connectivity index (χ2v) is 4.30. The van der Waals surface area contributed by atoms with E-state index >= 15 is 0 Å². The highest BCUT2D eigenvalue weighted by molar-refractivity contribution is 7.80. The Morgan fingerprint density at radius 1 is 1.71 bits per heavy atom. The van der Waals surface area contributed by atoms with Gasteiger partial charge in [0, 0.05) is 19.3 Å². The van der Waals surface area contributed by atoms with E-state index in [4.69, 9.17) is 27.8 Å². The van der Waals surface area contributed by atoms with Crippen molar-refractivity contribution >= 4 is 22.9 Å². The van der Waals surface area contributed by atoms with Gasteiger partial charge in [0.05, 0.1) is 25.0 Å². The summed E-state index contributed by atoms with van der Waals surface area (Å²) in [5.41, 5.74) is 7.18. The number of thiocarbonyl (C=S) groups is 1. The van der Waals surface area contributed by atoms with Gasteiger partial charge in [0.25, 0.3) is 0 Å². The number of hydrogen-bond acceptors (Lipinski definition) is 5. The normalized spacial score (nSPS) is 20.3. The molecule has 1 aromatic heterocycles. The van der Waals surface area contributed by atoms with Gasteiger partial charge in [-0.1, -0.05) is 12.2 Å². The number of nitrogens with two attached hydrogens (primary N) is 1. The number of hydrogen-bond donors (Lipinski definition) is 2. The Hall–Kier alpha value is -1.24. The van der Waals surface area contributed by atoms with E-state index in [1.54, 1.807) is 6.20 Å². The Morgan fingerprint density at radius 2 is 2.53 bits per heavy atom. The molecule has 5 nitrogen and oxygen atoms in total. The second kappa shape index (κ2) is 5.39. The zero-order valence-electron chi connectivity index (χ0n) is 9.37. The van der Waals surface area contributed by atoms with Crippen molar-refractivity contribution in [1.82, 2.24) is 4.98 Å². The lowest BCUT2D eigenvalue weighted by Crippen LogP contribution is -2.44. The van der Waals surface area contributed by atoms with Crippen LogP contribution in [0.4, 0.5) is 5.69 Å². The summed E-state index contributed by atoms with van der Waals surface area (Å²) >= 11 is 4.98. The van der Waals surface area contributed by atoms with Gasteiger partial charge in [0.1, 0.15) is 10.7 Å². The molecule has 3 N–H and O–H groups in total. The van der Waals surface area contributed by atoms with Crippen molar-refractivity contribution in [3.05, 3.63) is 24.0 Å². The first-order valence-corrected chi connectivity index (χ1v) is 5.85. The minimum atomic E-state index is -0.164. The first-order valence-electron chi connectivity index (χ1n) is 5.44. The smallest absolute Gasteiger partial charge is 0.124 e. The molecule has 0 saturated carbocycles. The van der Waals surface area contributed by atoms with Crippen LogP contribution >= 0.6 is 12.2 Å². The van der Waals surface area contributed by atoms with Gasteiger partial charge in [-0.2, -0.15) is 0 Å². The topological polar surface area (TPSA) is 71.6 Å². The molecule has 6 heteroatoms. The van der Waals surface area contributed by atoms with Crippen molar-refractivity contribution in [1.29, 1.82) is 0 Å². The van der Waals surface area contributed by atoms with Gasteiger partial charge in [0.15, 0.2) is 0 Å². The molecule has 0 aliphatic carbocycles. The second-order valence-electron chi connectivity index (χ2n) is 3.86. The Morgan fingerprint density at radius 3 is 3.24 bits per heavy atom. The molecular formula is C11H15N3O2S. The summed E-state index contributed by atoms with van der Waals surface area (Å²) in [7, 11) is 0. The minimum absolute atomic E-state index is 0.0131. The molecule has 1 unspecified atom stereocenters. The molecule has 0 aromatic carbocycles. The van der Waals surface area contributed by atoms with E-state index in [1.165, 1.54) is 0 Å². The zero-order valence-corrected chi connectivity index (χ0v) is 10.2. The first-order chi connectivity index (χ1) is 8.22. The number of aromatic nitrogens is 1. The Kier molecular flexibility index (Phi) is 3.88. The number of ether oxygens (including phenoxy) is 1. The van der Waals surface area contributed by atoms with E-state index in [2.05, 4.69) is 9.88 Å². The average molecular weight is 253 g/mol. The molecule has 0 spiro atoms. The number of morpholine rings is 1. The molecule has 1 saturated heterocycles. The van der Waals surface area contributed by atoms with Gasteiger partial charge in [-0.05, 0) is 12.1 Å². The van der Waals surface area contributed by atoms with Crippen molar-refractivity contribution < 1.29 is 9.84 Å². The van der Waals surface area contributed by atoms with Gasteiger partial charge in [-0.25, -0.2) is 0 Å². The maximum atomic E-state index is 9.12. The molecular weight excluding hydrogens is 238 g/mol.